The van der Waals surface area contributed by atoms with Crippen molar-refractivity contribution in [3.63, 3.8) is 0 Å². The van der Waals surface area contributed by atoms with E-state index in [2.05, 4.69) is 40.4 Å². The molecule has 0 amide bonds. The maximum absolute atomic E-state index is 10.5. The molecule has 2 N–H and O–H groups in total. The van der Waals surface area contributed by atoms with Crippen LogP contribution in [0.4, 0.5) is 0 Å². The number of hydrogen-bond acceptors (Lipinski definition) is 4. The molecule has 1 aromatic rings. The smallest absolute Gasteiger partial charge is 0.0950 e. The van der Waals surface area contributed by atoms with Gasteiger partial charge in [0, 0.05) is 45.3 Å². The van der Waals surface area contributed by atoms with E-state index in [-0.39, 0.29) is 12.1 Å². The standard InChI is InChI=1S/C16H25N3O/c1-18(10-11-19-8-6-17-7-9-19)15-12-13-4-2-3-5-14(13)16(15)20/h2-5,15-17,20H,6-12H2,1H3/t15-,16+/m1/s1. The third-order valence-electron chi connectivity index (χ3n) is 4.71. The molecule has 1 saturated heterocycles. The Morgan fingerprint density at radius 2 is 2.05 bits per heavy atom. The Morgan fingerprint density at radius 3 is 2.80 bits per heavy atom. The van der Waals surface area contributed by atoms with Gasteiger partial charge in [-0.2, -0.15) is 0 Å². The van der Waals surface area contributed by atoms with Crippen LogP contribution in [0.1, 0.15) is 17.2 Å². The lowest BCUT2D eigenvalue weighted by atomic mass is 10.1. The number of benzene rings is 1. The maximum Gasteiger partial charge on any atom is 0.0950 e. The summed E-state index contributed by atoms with van der Waals surface area (Å²) in [5, 5.41) is 13.9. The molecular formula is C16H25N3O. The molecule has 2 atom stereocenters. The first-order valence-electron chi connectivity index (χ1n) is 7.65. The highest BCUT2D eigenvalue weighted by Crippen LogP contribution is 2.33. The van der Waals surface area contributed by atoms with E-state index < -0.39 is 0 Å². The molecule has 20 heavy (non-hydrogen) atoms. The number of aliphatic hydroxyl groups excluding tert-OH is 1. The van der Waals surface area contributed by atoms with Gasteiger partial charge in [0.15, 0.2) is 0 Å². The van der Waals surface area contributed by atoms with Gasteiger partial charge in [0.2, 0.25) is 0 Å². The normalized spacial score (nSPS) is 26.9. The van der Waals surface area contributed by atoms with Gasteiger partial charge in [-0.15, -0.1) is 0 Å². The summed E-state index contributed by atoms with van der Waals surface area (Å²) >= 11 is 0. The van der Waals surface area contributed by atoms with Crippen molar-refractivity contribution in [2.24, 2.45) is 0 Å². The number of nitrogens with zero attached hydrogens (tertiary/aromatic N) is 2. The summed E-state index contributed by atoms with van der Waals surface area (Å²) in [6, 6.07) is 8.52. The molecule has 110 valence electrons. The number of aliphatic hydroxyl groups is 1. The first kappa shape index (κ1) is 14.0. The van der Waals surface area contributed by atoms with Crippen LogP contribution >= 0.6 is 0 Å². The van der Waals surface area contributed by atoms with Crippen molar-refractivity contribution in [3.8, 4) is 0 Å². The van der Waals surface area contributed by atoms with E-state index in [1.807, 2.05) is 6.07 Å². The van der Waals surface area contributed by atoms with Crippen molar-refractivity contribution < 1.29 is 5.11 Å². The third kappa shape index (κ3) is 2.88. The number of piperazine rings is 1. The summed E-state index contributed by atoms with van der Waals surface area (Å²) < 4.78 is 0. The minimum absolute atomic E-state index is 0.232. The molecule has 3 rings (SSSR count). The lowest BCUT2D eigenvalue weighted by Crippen LogP contribution is -2.47. The lowest BCUT2D eigenvalue weighted by Gasteiger charge is -2.32. The fourth-order valence-electron chi connectivity index (χ4n) is 3.35. The highest BCUT2D eigenvalue weighted by molar-refractivity contribution is 5.35. The van der Waals surface area contributed by atoms with Crippen molar-refractivity contribution in [2.45, 2.75) is 18.6 Å². The molecule has 1 aromatic carbocycles. The van der Waals surface area contributed by atoms with Crippen LogP contribution in [0.5, 0.6) is 0 Å². The van der Waals surface area contributed by atoms with Crippen molar-refractivity contribution in [3.05, 3.63) is 35.4 Å². The fraction of sp³-hybridized carbons (Fsp3) is 0.625. The van der Waals surface area contributed by atoms with E-state index in [1.165, 1.54) is 5.56 Å². The van der Waals surface area contributed by atoms with Gasteiger partial charge < -0.3 is 10.4 Å². The molecule has 1 aliphatic heterocycles. The van der Waals surface area contributed by atoms with Gasteiger partial charge in [-0.3, -0.25) is 9.80 Å². The minimum atomic E-state index is -0.334. The van der Waals surface area contributed by atoms with E-state index in [0.717, 1.165) is 51.3 Å². The average molecular weight is 275 g/mol. The van der Waals surface area contributed by atoms with Crippen LogP contribution < -0.4 is 5.32 Å². The topological polar surface area (TPSA) is 38.7 Å². The third-order valence-corrected chi connectivity index (χ3v) is 4.71. The Labute approximate surface area is 121 Å². The molecule has 0 unspecified atom stereocenters. The molecule has 4 heteroatoms. The molecule has 0 saturated carbocycles. The second-order valence-electron chi connectivity index (χ2n) is 5.99. The van der Waals surface area contributed by atoms with Gasteiger partial charge in [-0.1, -0.05) is 24.3 Å². The highest BCUT2D eigenvalue weighted by Gasteiger charge is 2.33. The average Bonchev–Trinajstić information content (AvgIpc) is 2.84. The zero-order valence-corrected chi connectivity index (χ0v) is 12.3. The van der Waals surface area contributed by atoms with Crippen molar-refractivity contribution in [2.75, 3.05) is 46.3 Å². The largest absolute Gasteiger partial charge is 0.387 e. The predicted molar refractivity (Wildman–Crippen MR) is 80.8 cm³/mol. The van der Waals surface area contributed by atoms with Crippen LogP contribution in [-0.4, -0.2) is 67.3 Å². The van der Waals surface area contributed by atoms with Crippen molar-refractivity contribution in [1.82, 2.24) is 15.1 Å². The first-order valence-corrected chi connectivity index (χ1v) is 7.65. The first-order chi connectivity index (χ1) is 9.75. The molecule has 1 heterocycles. The summed E-state index contributed by atoms with van der Waals surface area (Å²) in [6.07, 6.45) is 0.634. The molecule has 2 aliphatic rings. The van der Waals surface area contributed by atoms with Gasteiger partial charge in [0.25, 0.3) is 0 Å². The molecule has 1 fully saturated rings. The molecule has 0 bridgehead atoms. The number of fused-ring (bicyclic) bond motifs is 1. The summed E-state index contributed by atoms with van der Waals surface area (Å²) in [5.74, 6) is 0. The lowest BCUT2D eigenvalue weighted by molar-refractivity contribution is 0.0685. The zero-order valence-electron chi connectivity index (χ0n) is 12.3. The second kappa shape index (κ2) is 6.22. The minimum Gasteiger partial charge on any atom is -0.387 e. The summed E-state index contributed by atoms with van der Waals surface area (Å²) in [5.41, 5.74) is 2.42. The molecule has 0 radical (unpaired) electrons. The molecule has 0 aromatic heterocycles. The van der Waals surface area contributed by atoms with Crippen LogP contribution in [0, 0.1) is 0 Å². The van der Waals surface area contributed by atoms with Crippen molar-refractivity contribution in [1.29, 1.82) is 0 Å². The number of hydrogen-bond donors (Lipinski definition) is 2. The SMILES string of the molecule is CN(CCN1CCNCC1)[C@@H]1Cc2ccccc2[C@@H]1O. The Hall–Kier alpha value is -0.940. The number of nitrogens with one attached hydrogen (secondary N) is 1. The Balaban J connectivity index is 1.54. The molecule has 0 spiro atoms. The van der Waals surface area contributed by atoms with Crippen LogP contribution in [0.2, 0.25) is 0 Å². The monoisotopic (exact) mass is 275 g/mol. The highest BCUT2D eigenvalue weighted by atomic mass is 16.3. The Bertz CT molecular complexity index is 445. The Kier molecular flexibility index (Phi) is 4.36. The maximum atomic E-state index is 10.5. The summed E-state index contributed by atoms with van der Waals surface area (Å²) in [7, 11) is 2.14. The van der Waals surface area contributed by atoms with Gasteiger partial charge >= 0.3 is 0 Å². The predicted octanol–water partition coefficient (Wildman–Crippen LogP) is 0.482. The van der Waals surface area contributed by atoms with Crippen LogP contribution in [0.25, 0.3) is 0 Å². The summed E-state index contributed by atoms with van der Waals surface area (Å²) in [6.45, 7) is 6.60. The number of rotatable bonds is 4. The fourth-order valence-corrected chi connectivity index (χ4v) is 3.35. The summed E-state index contributed by atoms with van der Waals surface area (Å²) in [4.78, 5) is 4.83. The molecule has 1 aliphatic carbocycles. The Morgan fingerprint density at radius 1 is 1.30 bits per heavy atom. The van der Waals surface area contributed by atoms with E-state index >= 15 is 0 Å². The number of likely N-dealkylation sites (N-methyl/N-ethyl adjacent to an activating group) is 1. The van der Waals surface area contributed by atoms with Crippen molar-refractivity contribution >= 4 is 0 Å². The molecule has 4 nitrogen and oxygen atoms in total. The van der Waals surface area contributed by atoms with Crippen LogP contribution in [0.3, 0.4) is 0 Å². The van der Waals surface area contributed by atoms with Crippen LogP contribution in [0.15, 0.2) is 24.3 Å². The second-order valence-corrected chi connectivity index (χ2v) is 5.99. The van der Waals surface area contributed by atoms with E-state index in [4.69, 9.17) is 0 Å². The van der Waals surface area contributed by atoms with Gasteiger partial charge in [0.05, 0.1) is 6.10 Å². The van der Waals surface area contributed by atoms with E-state index in [9.17, 15) is 5.11 Å². The van der Waals surface area contributed by atoms with Gasteiger partial charge in [0.1, 0.15) is 0 Å². The quantitative estimate of drug-likeness (QED) is 0.838. The van der Waals surface area contributed by atoms with E-state index in [1.54, 1.807) is 0 Å². The van der Waals surface area contributed by atoms with Gasteiger partial charge in [-0.25, -0.2) is 0 Å². The van der Waals surface area contributed by atoms with Gasteiger partial charge in [-0.05, 0) is 24.6 Å². The van der Waals surface area contributed by atoms with Crippen LogP contribution in [-0.2, 0) is 6.42 Å². The van der Waals surface area contributed by atoms with E-state index in [0.29, 0.717) is 0 Å². The zero-order chi connectivity index (χ0) is 13.9. The molecular weight excluding hydrogens is 250 g/mol.